The number of likely N-dealkylation sites (N-methyl/N-ethyl adjacent to an activating group) is 1. The van der Waals surface area contributed by atoms with E-state index in [1.165, 1.54) is 28.7 Å². The van der Waals surface area contributed by atoms with Gasteiger partial charge in [-0.1, -0.05) is 56.7 Å². The zero-order valence-corrected chi connectivity index (χ0v) is 27.2. The van der Waals surface area contributed by atoms with Gasteiger partial charge >= 0.3 is 0 Å². The molecule has 2 amide bonds. The van der Waals surface area contributed by atoms with Crippen molar-refractivity contribution in [1.29, 1.82) is 0 Å². The van der Waals surface area contributed by atoms with Crippen molar-refractivity contribution in [2.45, 2.75) is 65.1 Å². The quantitative estimate of drug-likeness (QED) is 0.154. The average Bonchev–Trinajstić information content (AvgIpc) is 3.86. The molecule has 1 fully saturated rings. The first-order valence-electron chi connectivity index (χ1n) is 15.7. The van der Waals surface area contributed by atoms with E-state index in [1.54, 1.807) is 19.2 Å². The predicted octanol–water partition coefficient (Wildman–Crippen LogP) is 4.36. The minimum absolute atomic E-state index is 0.000763. The van der Waals surface area contributed by atoms with Gasteiger partial charge in [-0.3, -0.25) is 9.59 Å². The Labute approximate surface area is 264 Å². The number of nitrogens with zero attached hydrogens (tertiary/aromatic N) is 1. The molecule has 2 unspecified atom stereocenters. The fourth-order valence-electron chi connectivity index (χ4n) is 4.74. The number of hydrogen-bond acceptors (Lipinski definition) is 6. The maximum absolute atomic E-state index is 13.2. The maximum atomic E-state index is 13.2. The van der Waals surface area contributed by atoms with Crippen LogP contribution in [-0.2, 0) is 20.7 Å². The van der Waals surface area contributed by atoms with Crippen LogP contribution in [0.5, 0.6) is 0 Å². The van der Waals surface area contributed by atoms with Gasteiger partial charge < -0.3 is 30.7 Å². The van der Waals surface area contributed by atoms with Gasteiger partial charge in [-0.2, -0.15) is 0 Å². The number of benzene rings is 1. The van der Waals surface area contributed by atoms with Crippen molar-refractivity contribution in [1.82, 2.24) is 20.9 Å². The van der Waals surface area contributed by atoms with E-state index in [1.807, 2.05) is 33.9 Å². The van der Waals surface area contributed by atoms with Gasteiger partial charge in [0.05, 0.1) is 24.7 Å². The van der Waals surface area contributed by atoms with Gasteiger partial charge in [-0.05, 0) is 87.9 Å². The normalized spacial score (nSPS) is 16.5. The van der Waals surface area contributed by atoms with E-state index in [9.17, 15) is 14.0 Å². The van der Waals surface area contributed by atoms with E-state index >= 15 is 0 Å². The molecule has 4 N–H and O–H groups in total. The van der Waals surface area contributed by atoms with Crippen molar-refractivity contribution >= 4 is 11.8 Å². The molecule has 3 rings (SSSR count). The van der Waals surface area contributed by atoms with Crippen molar-refractivity contribution in [3.8, 4) is 12.5 Å². The molecule has 0 spiro atoms. The Hall–Kier alpha value is -3.45. The smallest absolute Gasteiger partial charge is 0.239 e. The van der Waals surface area contributed by atoms with E-state index in [4.69, 9.17) is 9.84 Å². The van der Waals surface area contributed by atoms with Crippen molar-refractivity contribution in [3.05, 3.63) is 71.6 Å². The van der Waals surface area contributed by atoms with Gasteiger partial charge in [-0.15, -0.1) is 0 Å². The SMILES string of the molecule is C#CO.CC.CNCCCC1=CC(O[C@H](C)CNCC(C(=O)N(C)CC(=O)NCCc2ccc(F)cc2)C2CC2)C=CC=C1. The fraction of sp³-hybridized carbons (Fsp3) is 0.543. The standard InChI is InChI=1S/C31H45FN4O3.C2H2O.C2H6/c1-23(39-28-9-5-4-7-25(19-28)8-6-17-33-2)20-34-21-29(26-12-13-26)31(38)36(3)22-30(37)35-18-16-24-10-14-27(32)15-11-24;1-2-3;1-2/h4-5,7,9-11,14-15,19,23,26,28-29,33-34H,6,8,12-13,16-18,20-22H2,1-3H3,(H,35,37);1,3H;1-2H3/t23-,28?,29?;;/m1../s1. The maximum Gasteiger partial charge on any atom is 0.239 e. The number of hydrogen-bond donors (Lipinski definition) is 4. The average molecular weight is 613 g/mol. The largest absolute Gasteiger partial charge is 0.462 e. The molecular weight excluding hydrogens is 559 g/mol. The molecule has 244 valence electrons. The molecule has 0 bridgehead atoms. The third-order valence-electron chi connectivity index (χ3n) is 7.09. The highest BCUT2D eigenvalue weighted by Gasteiger charge is 2.37. The van der Waals surface area contributed by atoms with Crippen LogP contribution in [0.2, 0.25) is 0 Å². The molecule has 44 heavy (non-hydrogen) atoms. The Morgan fingerprint density at radius 1 is 1.14 bits per heavy atom. The van der Waals surface area contributed by atoms with Gasteiger partial charge in [0.2, 0.25) is 11.8 Å². The van der Waals surface area contributed by atoms with E-state index in [0.717, 1.165) is 37.8 Å². The van der Waals surface area contributed by atoms with Crippen LogP contribution in [0.4, 0.5) is 4.39 Å². The van der Waals surface area contributed by atoms with E-state index in [2.05, 4.69) is 46.7 Å². The molecule has 1 aromatic rings. The van der Waals surface area contributed by atoms with Gasteiger partial charge in [0.15, 0.2) is 0 Å². The molecular formula is C35H53FN4O4. The molecule has 1 aromatic carbocycles. The van der Waals surface area contributed by atoms with Crippen LogP contribution in [-0.4, -0.2) is 80.8 Å². The van der Waals surface area contributed by atoms with Crippen LogP contribution >= 0.6 is 0 Å². The summed E-state index contributed by atoms with van der Waals surface area (Å²) in [5.74, 6) is -0.249. The second kappa shape index (κ2) is 23.0. The molecule has 9 heteroatoms. The lowest BCUT2D eigenvalue weighted by Crippen LogP contribution is -2.45. The van der Waals surface area contributed by atoms with E-state index in [0.29, 0.717) is 32.0 Å². The summed E-state index contributed by atoms with van der Waals surface area (Å²) >= 11 is 0. The Morgan fingerprint density at radius 3 is 2.45 bits per heavy atom. The lowest BCUT2D eigenvalue weighted by molar-refractivity contribution is -0.138. The Morgan fingerprint density at radius 2 is 1.82 bits per heavy atom. The number of nitrogens with one attached hydrogen (secondary N) is 3. The zero-order chi connectivity index (χ0) is 32.7. The zero-order valence-electron chi connectivity index (χ0n) is 27.2. The first-order chi connectivity index (χ1) is 21.3. The van der Waals surface area contributed by atoms with Crippen LogP contribution < -0.4 is 16.0 Å². The molecule has 2 aliphatic carbocycles. The van der Waals surface area contributed by atoms with Crippen molar-refractivity contribution in [2.24, 2.45) is 11.8 Å². The number of terminal acetylenes is 1. The predicted molar refractivity (Wildman–Crippen MR) is 176 cm³/mol. The topological polar surface area (TPSA) is 103 Å². The summed E-state index contributed by atoms with van der Waals surface area (Å²) in [7, 11) is 3.66. The third kappa shape index (κ3) is 16.4. The first kappa shape index (κ1) is 38.6. The molecule has 2 aliphatic rings. The molecule has 0 aliphatic heterocycles. The van der Waals surface area contributed by atoms with Gasteiger partial charge in [0, 0.05) is 26.7 Å². The molecule has 0 radical (unpaired) electrons. The van der Waals surface area contributed by atoms with Crippen LogP contribution in [0.3, 0.4) is 0 Å². The Balaban J connectivity index is 0.00000182. The van der Waals surface area contributed by atoms with Crippen molar-refractivity contribution in [3.63, 3.8) is 0 Å². The molecule has 0 saturated heterocycles. The second-order valence-electron chi connectivity index (χ2n) is 10.8. The van der Waals surface area contributed by atoms with Crippen LogP contribution in [0.25, 0.3) is 0 Å². The summed E-state index contributed by atoms with van der Waals surface area (Å²) in [6.45, 7) is 8.71. The van der Waals surface area contributed by atoms with Gasteiger partial charge in [0.1, 0.15) is 11.9 Å². The highest BCUT2D eigenvalue weighted by atomic mass is 19.1. The number of carbonyl (C=O) groups excluding carboxylic acids is 2. The molecule has 8 nitrogen and oxygen atoms in total. The second-order valence-corrected chi connectivity index (χ2v) is 10.8. The van der Waals surface area contributed by atoms with Gasteiger partial charge in [0.25, 0.3) is 0 Å². The summed E-state index contributed by atoms with van der Waals surface area (Å²) in [6, 6.07) is 6.24. The summed E-state index contributed by atoms with van der Waals surface area (Å²) in [5.41, 5.74) is 2.23. The summed E-state index contributed by atoms with van der Waals surface area (Å²) < 4.78 is 19.3. The summed E-state index contributed by atoms with van der Waals surface area (Å²) in [5, 5.41) is 16.6. The lowest BCUT2D eigenvalue weighted by atomic mass is 10.0. The Kier molecular flexibility index (Phi) is 20.2. The highest BCUT2D eigenvalue weighted by molar-refractivity contribution is 5.86. The monoisotopic (exact) mass is 612 g/mol. The lowest BCUT2D eigenvalue weighted by Gasteiger charge is -2.25. The fourth-order valence-corrected chi connectivity index (χ4v) is 4.74. The van der Waals surface area contributed by atoms with E-state index in [-0.39, 0.29) is 42.3 Å². The number of ether oxygens (including phenoxy) is 1. The summed E-state index contributed by atoms with van der Waals surface area (Å²) in [6.07, 6.45) is 20.6. The van der Waals surface area contributed by atoms with E-state index < -0.39 is 0 Å². The van der Waals surface area contributed by atoms with Crippen molar-refractivity contribution in [2.75, 3.05) is 46.8 Å². The number of aliphatic hydroxyl groups excluding tert-OH is 1. The van der Waals surface area contributed by atoms with Crippen LogP contribution in [0.15, 0.2) is 60.2 Å². The first-order valence-corrected chi connectivity index (χ1v) is 15.7. The number of allylic oxidation sites excluding steroid dienone is 4. The van der Waals surface area contributed by atoms with Crippen LogP contribution in [0, 0.1) is 30.2 Å². The molecule has 0 heterocycles. The molecule has 0 aromatic heterocycles. The van der Waals surface area contributed by atoms with Crippen LogP contribution in [0.1, 0.15) is 52.0 Å². The number of amides is 2. The summed E-state index contributed by atoms with van der Waals surface area (Å²) in [4.78, 5) is 27.1. The number of halogens is 1. The highest BCUT2D eigenvalue weighted by Crippen LogP contribution is 2.37. The van der Waals surface area contributed by atoms with Gasteiger partial charge in [-0.25, -0.2) is 4.39 Å². The minimum Gasteiger partial charge on any atom is -0.462 e. The molecule has 3 atom stereocenters. The third-order valence-corrected chi connectivity index (χ3v) is 7.09. The molecule has 1 saturated carbocycles. The minimum atomic E-state index is -0.277. The number of rotatable bonds is 17. The number of carbonyl (C=O) groups is 2. The Bertz CT molecular complexity index is 1090. The number of aliphatic hydroxyl groups is 1. The van der Waals surface area contributed by atoms with Crippen molar-refractivity contribution < 1.29 is 23.8 Å².